The Hall–Kier alpha value is -1.68. The predicted octanol–water partition coefficient (Wildman–Crippen LogP) is 1.84. The van der Waals surface area contributed by atoms with Crippen molar-refractivity contribution in [3.05, 3.63) is 0 Å². The first-order valence-electron chi connectivity index (χ1n) is 9.77. The Morgan fingerprint density at radius 3 is 1.43 bits per heavy atom. The molecule has 0 spiro atoms. The number of carbonyl (C=O) groups excluding carboxylic acids is 4. The van der Waals surface area contributed by atoms with E-state index in [1.54, 1.807) is 27.7 Å². The number of Topliss-reactive ketones (excluding diaryl/α,β-unsaturated/α-hetero) is 3. The van der Waals surface area contributed by atoms with Crippen LogP contribution >= 0.6 is 0 Å². The van der Waals surface area contributed by atoms with Crippen molar-refractivity contribution in [3.8, 4) is 0 Å². The van der Waals surface area contributed by atoms with Gasteiger partial charge in [-0.3, -0.25) is 14.4 Å². The van der Waals surface area contributed by atoms with E-state index in [1.807, 2.05) is 20.8 Å². The molecular weight excluding hydrogens is 396 g/mol. The average Bonchev–Trinajstić information content (AvgIpc) is 2.66. The molecule has 2 aliphatic heterocycles. The second kappa shape index (κ2) is 9.64. The maximum atomic E-state index is 12.0. The third kappa shape index (κ3) is 7.23. The standard InChI is InChI=1S/C12H18O6.C9H16O3/c1-11(2)17-6-12(3,7-18-11)9(14)5-8(13)10(15)16-4;1-7(10)9(4)5-11-8(2,3)12-6-9/h5-7H2,1-4H3;5-6H2,1-4H3. The SMILES string of the molecule is CC(=O)C1(C)COC(C)(C)OC1.COC(=O)C(=O)CC(=O)C1(C)COC(C)(C)OC1. The fraction of sp³-hybridized carbons (Fsp3) is 0.810. The summed E-state index contributed by atoms with van der Waals surface area (Å²) in [5.74, 6) is -3.38. The van der Waals surface area contributed by atoms with Crippen molar-refractivity contribution in [3.63, 3.8) is 0 Å². The van der Waals surface area contributed by atoms with Gasteiger partial charge in [0.05, 0.1) is 50.8 Å². The van der Waals surface area contributed by atoms with Gasteiger partial charge in [-0.1, -0.05) is 0 Å². The molecule has 0 N–H and O–H groups in total. The third-order valence-corrected chi connectivity index (χ3v) is 5.21. The van der Waals surface area contributed by atoms with Gasteiger partial charge in [0.1, 0.15) is 5.78 Å². The van der Waals surface area contributed by atoms with E-state index in [1.165, 1.54) is 0 Å². The molecule has 0 amide bonds. The summed E-state index contributed by atoms with van der Waals surface area (Å²) in [6.45, 7) is 13.5. The lowest BCUT2D eigenvalue weighted by atomic mass is 9.84. The number of hydrogen-bond acceptors (Lipinski definition) is 9. The molecule has 2 rings (SSSR count). The van der Waals surface area contributed by atoms with Gasteiger partial charge < -0.3 is 23.7 Å². The Morgan fingerprint density at radius 1 is 0.733 bits per heavy atom. The molecule has 0 aromatic rings. The molecule has 172 valence electrons. The van der Waals surface area contributed by atoms with Crippen LogP contribution < -0.4 is 0 Å². The second-order valence-electron chi connectivity index (χ2n) is 9.15. The molecule has 0 aromatic carbocycles. The predicted molar refractivity (Wildman–Crippen MR) is 106 cm³/mol. The highest BCUT2D eigenvalue weighted by molar-refractivity contribution is 6.37. The first-order chi connectivity index (χ1) is 13.6. The maximum absolute atomic E-state index is 12.0. The van der Waals surface area contributed by atoms with E-state index in [4.69, 9.17) is 18.9 Å². The fourth-order valence-electron chi connectivity index (χ4n) is 2.41. The van der Waals surface area contributed by atoms with Crippen LogP contribution in [0, 0.1) is 10.8 Å². The number of ether oxygens (including phenoxy) is 5. The van der Waals surface area contributed by atoms with Crippen LogP contribution in [0.4, 0.5) is 0 Å². The lowest BCUT2D eigenvalue weighted by Gasteiger charge is -2.40. The maximum Gasteiger partial charge on any atom is 0.374 e. The largest absolute Gasteiger partial charge is 0.463 e. The molecule has 0 aliphatic carbocycles. The van der Waals surface area contributed by atoms with Crippen molar-refractivity contribution < 1.29 is 42.9 Å². The Bertz CT molecular complexity index is 658. The molecule has 0 radical (unpaired) electrons. The summed E-state index contributed by atoms with van der Waals surface area (Å²) < 4.78 is 25.9. The zero-order valence-electron chi connectivity index (χ0n) is 19.2. The van der Waals surface area contributed by atoms with Crippen LogP contribution in [-0.4, -0.2) is 68.4 Å². The van der Waals surface area contributed by atoms with E-state index in [0.717, 1.165) is 7.11 Å². The highest BCUT2D eigenvalue weighted by Crippen LogP contribution is 2.31. The summed E-state index contributed by atoms with van der Waals surface area (Å²) in [7, 11) is 1.10. The Kier molecular flexibility index (Phi) is 8.46. The van der Waals surface area contributed by atoms with Crippen molar-refractivity contribution in [2.45, 2.75) is 66.5 Å². The van der Waals surface area contributed by atoms with E-state index in [2.05, 4.69) is 4.74 Å². The highest BCUT2D eigenvalue weighted by atomic mass is 16.7. The van der Waals surface area contributed by atoms with Crippen LogP contribution in [0.3, 0.4) is 0 Å². The lowest BCUT2D eigenvalue weighted by Crippen LogP contribution is -2.49. The average molecular weight is 430 g/mol. The van der Waals surface area contributed by atoms with Gasteiger partial charge in [0, 0.05) is 0 Å². The minimum Gasteiger partial charge on any atom is -0.463 e. The minimum atomic E-state index is -1.01. The number of carbonyl (C=O) groups is 4. The van der Waals surface area contributed by atoms with Crippen LogP contribution in [0.1, 0.15) is 54.9 Å². The molecule has 2 aliphatic rings. The van der Waals surface area contributed by atoms with Crippen LogP contribution in [0.25, 0.3) is 0 Å². The van der Waals surface area contributed by atoms with Gasteiger partial charge in [0.15, 0.2) is 17.4 Å². The zero-order valence-corrected chi connectivity index (χ0v) is 19.2. The monoisotopic (exact) mass is 430 g/mol. The highest BCUT2D eigenvalue weighted by Gasteiger charge is 2.43. The first kappa shape index (κ1) is 26.4. The van der Waals surface area contributed by atoms with Gasteiger partial charge in [-0.05, 0) is 48.5 Å². The van der Waals surface area contributed by atoms with Crippen LogP contribution in [0.2, 0.25) is 0 Å². The molecule has 30 heavy (non-hydrogen) atoms. The van der Waals surface area contributed by atoms with Gasteiger partial charge in [0.25, 0.3) is 0 Å². The van der Waals surface area contributed by atoms with E-state index < -0.39 is 40.6 Å². The van der Waals surface area contributed by atoms with E-state index in [-0.39, 0.29) is 24.8 Å². The molecule has 0 saturated carbocycles. The molecule has 0 atom stereocenters. The molecule has 0 unspecified atom stereocenters. The summed E-state index contributed by atoms with van der Waals surface area (Å²) in [6.07, 6.45) is -0.490. The molecule has 2 saturated heterocycles. The minimum absolute atomic E-state index is 0.123. The second-order valence-corrected chi connectivity index (χ2v) is 9.15. The molecule has 2 fully saturated rings. The number of rotatable bonds is 5. The molecule has 0 bridgehead atoms. The Labute approximate surface area is 177 Å². The lowest BCUT2D eigenvalue weighted by molar-refractivity contribution is -0.277. The number of esters is 1. The molecule has 0 aromatic heterocycles. The van der Waals surface area contributed by atoms with Crippen LogP contribution in [0.5, 0.6) is 0 Å². The summed E-state index contributed by atoms with van der Waals surface area (Å²) in [5.41, 5.74) is -1.35. The molecule has 9 nitrogen and oxygen atoms in total. The van der Waals surface area contributed by atoms with Crippen molar-refractivity contribution in [1.29, 1.82) is 0 Å². The van der Waals surface area contributed by atoms with Crippen molar-refractivity contribution >= 4 is 23.3 Å². The normalized spacial score (nSPS) is 23.3. The Balaban J connectivity index is 0.000000325. The smallest absolute Gasteiger partial charge is 0.374 e. The summed E-state index contributed by atoms with van der Waals surface area (Å²) >= 11 is 0. The van der Waals surface area contributed by atoms with Crippen LogP contribution in [-0.2, 0) is 42.9 Å². The fourth-order valence-corrected chi connectivity index (χ4v) is 2.41. The topological polar surface area (TPSA) is 114 Å². The van der Waals surface area contributed by atoms with E-state index in [9.17, 15) is 19.2 Å². The summed E-state index contributed by atoms with van der Waals surface area (Å²) in [4.78, 5) is 45.4. The van der Waals surface area contributed by atoms with E-state index in [0.29, 0.717) is 13.2 Å². The van der Waals surface area contributed by atoms with Gasteiger partial charge in [0.2, 0.25) is 5.78 Å². The number of ketones is 3. The summed E-state index contributed by atoms with van der Waals surface area (Å²) in [5, 5.41) is 0. The van der Waals surface area contributed by atoms with Gasteiger partial charge in [-0.15, -0.1) is 0 Å². The molecular formula is C21H34O9. The Morgan fingerprint density at radius 2 is 1.10 bits per heavy atom. The first-order valence-corrected chi connectivity index (χ1v) is 9.77. The van der Waals surface area contributed by atoms with Crippen LogP contribution in [0.15, 0.2) is 0 Å². The number of hydrogen-bond donors (Lipinski definition) is 0. The van der Waals surface area contributed by atoms with Crippen molar-refractivity contribution in [2.75, 3.05) is 33.5 Å². The summed E-state index contributed by atoms with van der Waals surface area (Å²) in [6, 6.07) is 0. The van der Waals surface area contributed by atoms with Gasteiger partial charge in [-0.2, -0.15) is 0 Å². The van der Waals surface area contributed by atoms with Gasteiger partial charge in [-0.25, -0.2) is 4.79 Å². The third-order valence-electron chi connectivity index (χ3n) is 5.21. The molecule has 2 heterocycles. The zero-order chi connectivity index (χ0) is 23.4. The molecule has 9 heteroatoms. The van der Waals surface area contributed by atoms with Crippen molar-refractivity contribution in [1.82, 2.24) is 0 Å². The van der Waals surface area contributed by atoms with Crippen molar-refractivity contribution in [2.24, 2.45) is 10.8 Å². The van der Waals surface area contributed by atoms with E-state index >= 15 is 0 Å². The quantitative estimate of drug-likeness (QED) is 0.366. The van der Waals surface area contributed by atoms with Gasteiger partial charge >= 0.3 is 5.97 Å². The number of methoxy groups -OCH3 is 1.